The molecule has 1 fully saturated rings. The zero-order valence-electron chi connectivity index (χ0n) is 20.6. The van der Waals surface area contributed by atoms with Gasteiger partial charge in [-0.05, 0) is 38.0 Å². The quantitative estimate of drug-likeness (QED) is 0.227. The zero-order chi connectivity index (χ0) is 28.5. The van der Waals surface area contributed by atoms with E-state index in [9.17, 15) is 36.4 Å². The van der Waals surface area contributed by atoms with Gasteiger partial charge in [-0.25, -0.2) is 9.59 Å². The number of carbonyl (C=O) groups excluding carboxylic acids is 4. The van der Waals surface area contributed by atoms with Crippen LogP contribution in [-0.4, -0.2) is 60.4 Å². The number of furan rings is 2. The highest BCUT2D eigenvalue weighted by atomic mass is 32.2. The van der Waals surface area contributed by atoms with E-state index in [0.717, 1.165) is 0 Å². The van der Waals surface area contributed by atoms with Crippen LogP contribution in [0.5, 0.6) is 0 Å². The normalized spacial score (nSPS) is 19.3. The highest BCUT2D eigenvalue weighted by Crippen LogP contribution is 2.40. The highest BCUT2D eigenvalue weighted by Gasteiger charge is 2.52. The fourth-order valence-corrected chi connectivity index (χ4v) is 4.45. The molecule has 0 saturated carbocycles. The second-order valence-electron chi connectivity index (χ2n) is 8.69. The standard InChI is InChI=1S/C23H26F2O12S/c1-4-22(5-2,14-10-13-6-7-15(14)34-13)37-21(29)17-11-16(20(28)36-17)35-19(27)9-8-18(26)33-12(3)23(24,25)38(30,31)32/h6-7,10,12,16-17H,4-5,8-9,11H2,1-3H3,(H,30,31,32). The summed E-state index contributed by atoms with van der Waals surface area (Å²) in [5.74, 6) is -4.35. The molecule has 1 aliphatic heterocycles. The summed E-state index contributed by atoms with van der Waals surface area (Å²) in [6.07, 6.45) is -6.43. The third-order valence-corrected chi connectivity index (χ3v) is 7.27. The van der Waals surface area contributed by atoms with E-state index in [1.807, 2.05) is 13.8 Å². The maximum Gasteiger partial charge on any atom is 0.405 e. The van der Waals surface area contributed by atoms with E-state index in [1.165, 1.54) is 0 Å². The molecular weight excluding hydrogens is 538 g/mol. The van der Waals surface area contributed by atoms with Crippen molar-refractivity contribution in [2.24, 2.45) is 0 Å². The van der Waals surface area contributed by atoms with Crippen LogP contribution in [0, 0.1) is 0 Å². The van der Waals surface area contributed by atoms with Gasteiger partial charge in [0.1, 0.15) is 16.8 Å². The van der Waals surface area contributed by atoms with Crippen LogP contribution in [0.1, 0.15) is 58.4 Å². The Balaban J connectivity index is 1.52. The molecule has 2 aromatic heterocycles. The van der Waals surface area contributed by atoms with Gasteiger partial charge in [0.15, 0.2) is 6.10 Å². The number of hydrogen-bond acceptors (Lipinski definition) is 11. The van der Waals surface area contributed by atoms with Gasteiger partial charge in [0, 0.05) is 12.0 Å². The third-order valence-electron chi connectivity index (χ3n) is 6.25. The fraction of sp³-hybridized carbons (Fsp3) is 0.565. The van der Waals surface area contributed by atoms with E-state index in [4.69, 9.17) is 23.2 Å². The van der Waals surface area contributed by atoms with Gasteiger partial charge in [-0.1, -0.05) is 13.8 Å². The SMILES string of the molecule is CCC(CC)(OC(=O)C1CC(OC(=O)CCC(=O)OC(C)C(F)(F)S(=O)(=O)O)C(=O)O1)c1cc2ccc1o2. The average molecular weight is 565 g/mol. The molecule has 1 saturated heterocycles. The summed E-state index contributed by atoms with van der Waals surface area (Å²) >= 11 is 0. The lowest BCUT2D eigenvalue weighted by molar-refractivity contribution is -0.177. The van der Waals surface area contributed by atoms with Crippen LogP contribution in [0.3, 0.4) is 0 Å². The molecule has 2 aromatic rings. The largest absolute Gasteiger partial charge is 0.457 e. The Bertz CT molecular complexity index is 1300. The second-order valence-corrected chi connectivity index (χ2v) is 10.2. The van der Waals surface area contributed by atoms with Gasteiger partial charge in [0.2, 0.25) is 12.2 Å². The maximum absolute atomic E-state index is 13.5. The summed E-state index contributed by atoms with van der Waals surface area (Å²) in [6.45, 7) is 4.18. The first kappa shape index (κ1) is 29.2. The van der Waals surface area contributed by atoms with Crippen molar-refractivity contribution in [3.8, 4) is 0 Å². The van der Waals surface area contributed by atoms with Crippen LogP contribution in [0.4, 0.5) is 8.78 Å². The van der Waals surface area contributed by atoms with Gasteiger partial charge < -0.3 is 23.4 Å². The lowest BCUT2D eigenvalue weighted by Crippen LogP contribution is -2.42. The molecule has 15 heteroatoms. The maximum atomic E-state index is 13.5. The van der Waals surface area contributed by atoms with Crippen LogP contribution in [-0.2, 0) is 53.8 Å². The number of halogens is 2. The molecule has 0 aromatic carbocycles. The number of fused-ring (bicyclic) bond motifs is 2. The molecule has 210 valence electrons. The number of carbonyl (C=O) groups is 4. The van der Waals surface area contributed by atoms with Crippen LogP contribution in [0.25, 0.3) is 11.2 Å². The Hall–Kier alpha value is -3.33. The van der Waals surface area contributed by atoms with E-state index in [0.29, 0.717) is 36.5 Å². The Labute approximate surface area is 215 Å². The molecule has 2 bridgehead atoms. The summed E-state index contributed by atoms with van der Waals surface area (Å²) in [7, 11) is -5.84. The molecule has 38 heavy (non-hydrogen) atoms. The summed E-state index contributed by atoms with van der Waals surface area (Å²) in [6, 6.07) is 5.28. The van der Waals surface area contributed by atoms with Crippen LogP contribution >= 0.6 is 0 Å². The molecule has 0 spiro atoms. The molecule has 1 aliphatic rings. The minimum absolute atomic E-state index is 0.349. The summed E-state index contributed by atoms with van der Waals surface area (Å²) < 4.78 is 82.4. The number of hydrogen-bond donors (Lipinski definition) is 1. The van der Waals surface area contributed by atoms with Crippen molar-refractivity contribution >= 4 is 45.2 Å². The molecule has 3 rings (SSSR count). The van der Waals surface area contributed by atoms with Gasteiger partial charge >= 0.3 is 39.2 Å². The first-order chi connectivity index (χ1) is 17.6. The molecule has 0 aliphatic carbocycles. The lowest BCUT2D eigenvalue weighted by Gasteiger charge is -2.31. The van der Waals surface area contributed by atoms with Gasteiger partial charge in [0.05, 0.1) is 12.8 Å². The third kappa shape index (κ3) is 5.88. The van der Waals surface area contributed by atoms with E-state index in [-0.39, 0.29) is 6.42 Å². The van der Waals surface area contributed by atoms with E-state index in [2.05, 4.69) is 4.74 Å². The van der Waals surface area contributed by atoms with Crippen LogP contribution in [0.2, 0.25) is 0 Å². The summed E-state index contributed by atoms with van der Waals surface area (Å²) in [4.78, 5) is 48.8. The van der Waals surface area contributed by atoms with E-state index < -0.39 is 76.0 Å². The molecule has 3 heterocycles. The predicted octanol–water partition coefficient (Wildman–Crippen LogP) is 2.85. The summed E-state index contributed by atoms with van der Waals surface area (Å²) in [5.41, 5.74) is 0.809. The number of cyclic esters (lactones) is 1. The molecule has 0 amide bonds. The Kier molecular flexibility index (Phi) is 8.31. The van der Waals surface area contributed by atoms with E-state index >= 15 is 0 Å². The van der Waals surface area contributed by atoms with Crippen molar-refractivity contribution in [2.45, 2.75) is 82.0 Å². The molecule has 3 atom stereocenters. The van der Waals surface area contributed by atoms with Crippen molar-refractivity contribution in [3.63, 3.8) is 0 Å². The van der Waals surface area contributed by atoms with Gasteiger partial charge in [0.25, 0.3) is 0 Å². The minimum Gasteiger partial charge on any atom is -0.457 e. The Morgan fingerprint density at radius 3 is 2.32 bits per heavy atom. The van der Waals surface area contributed by atoms with E-state index in [1.54, 1.807) is 18.2 Å². The summed E-state index contributed by atoms with van der Waals surface area (Å²) in [5, 5.41) is -4.76. The number of esters is 4. The van der Waals surface area contributed by atoms with Crippen molar-refractivity contribution in [1.82, 2.24) is 0 Å². The average Bonchev–Trinajstić information content (AvgIpc) is 3.57. The Morgan fingerprint density at radius 1 is 1.16 bits per heavy atom. The van der Waals surface area contributed by atoms with Gasteiger partial charge in [-0.3, -0.25) is 14.1 Å². The lowest BCUT2D eigenvalue weighted by atomic mass is 9.88. The second kappa shape index (κ2) is 10.8. The zero-order valence-corrected chi connectivity index (χ0v) is 21.4. The topological polar surface area (TPSA) is 173 Å². The monoisotopic (exact) mass is 564 g/mol. The highest BCUT2D eigenvalue weighted by molar-refractivity contribution is 7.86. The molecule has 12 nitrogen and oxygen atoms in total. The molecular formula is C23H26F2O12S. The van der Waals surface area contributed by atoms with Crippen LogP contribution < -0.4 is 0 Å². The molecule has 3 unspecified atom stereocenters. The van der Waals surface area contributed by atoms with Crippen LogP contribution in [0.15, 0.2) is 22.6 Å². The van der Waals surface area contributed by atoms with Crippen molar-refractivity contribution in [2.75, 3.05) is 0 Å². The van der Waals surface area contributed by atoms with Crippen molar-refractivity contribution in [1.29, 1.82) is 0 Å². The molecule has 1 N–H and O–H groups in total. The van der Waals surface area contributed by atoms with Crippen molar-refractivity contribution < 1.29 is 64.3 Å². The fourth-order valence-electron chi connectivity index (χ4n) is 3.98. The number of benzene rings is 1. The predicted molar refractivity (Wildman–Crippen MR) is 121 cm³/mol. The number of alkyl halides is 2. The first-order valence-electron chi connectivity index (χ1n) is 11.6. The number of rotatable bonds is 12. The van der Waals surface area contributed by atoms with Gasteiger partial charge in [-0.15, -0.1) is 0 Å². The van der Waals surface area contributed by atoms with Crippen molar-refractivity contribution in [3.05, 3.63) is 23.8 Å². The molecule has 0 radical (unpaired) electrons. The number of ether oxygens (including phenoxy) is 4. The van der Waals surface area contributed by atoms with Gasteiger partial charge in [-0.2, -0.15) is 17.2 Å². The first-order valence-corrected chi connectivity index (χ1v) is 13.1. The minimum atomic E-state index is -5.84. The smallest absolute Gasteiger partial charge is 0.405 e. The Morgan fingerprint density at radius 2 is 1.79 bits per heavy atom.